The van der Waals surface area contributed by atoms with E-state index in [2.05, 4.69) is 10.2 Å². The highest BCUT2D eigenvalue weighted by Crippen LogP contribution is 2.19. The van der Waals surface area contributed by atoms with E-state index in [0.29, 0.717) is 24.5 Å². The molecule has 26 heavy (non-hydrogen) atoms. The van der Waals surface area contributed by atoms with Crippen LogP contribution >= 0.6 is 0 Å². The lowest BCUT2D eigenvalue weighted by molar-refractivity contribution is -0.0000164. The van der Waals surface area contributed by atoms with Crippen LogP contribution < -0.4 is 22.5 Å². The molecule has 2 aromatic carbocycles. The molecule has 3 rings (SSSR count). The van der Waals surface area contributed by atoms with Crippen LogP contribution in [0.4, 0.5) is 0 Å². The zero-order valence-electron chi connectivity index (χ0n) is 14.7. The van der Waals surface area contributed by atoms with E-state index in [9.17, 15) is 4.79 Å². The monoisotopic (exact) mass is 375 g/mol. The fourth-order valence-electron chi connectivity index (χ4n) is 2.76. The van der Waals surface area contributed by atoms with E-state index in [1.165, 1.54) is 0 Å². The van der Waals surface area contributed by atoms with Gasteiger partial charge in [0.2, 0.25) is 0 Å². The van der Waals surface area contributed by atoms with Gasteiger partial charge in [0.05, 0.1) is 18.8 Å². The smallest absolute Gasteiger partial charge is 0.255 e. The number of rotatable bonds is 7. The Balaban J connectivity index is 0.00000243. The molecule has 0 aliphatic carbocycles. The van der Waals surface area contributed by atoms with E-state index in [4.69, 9.17) is 9.47 Å². The summed E-state index contributed by atoms with van der Waals surface area (Å²) >= 11 is 0. The molecule has 0 bridgehead atoms. The Morgan fingerprint density at radius 1 is 1.04 bits per heavy atom. The van der Waals surface area contributed by atoms with E-state index in [0.717, 1.165) is 38.4 Å². The number of benzene rings is 2. The molecule has 0 aromatic heterocycles. The van der Waals surface area contributed by atoms with E-state index < -0.39 is 0 Å². The Labute approximate surface area is 160 Å². The van der Waals surface area contributed by atoms with Gasteiger partial charge in [-0.1, -0.05) is 42.5 Å². The Morgan fingerprint density at radius 2 is 1.73 bits per heavy atom. The topological polar surface area (TPSA) is 50.8 Å². The van der Waals surface area contributed by atoms with E-state index >= 15 is 0 Å². The lowest BCUT2D eigenvalue weighted by Crippen LogP contribution is -3.00. The van der Waals surface area contributed by atoms with Crippen LogP contribution in [0.25, 0.3) is 0 Å². The number of hydrogen-bond donors (Lipinski definition) is 1. The normalized spacial score (nSPS) is 14.3. The summed E-state index contributed by atoms with van der Waals surface area (Å²) in [5, 5.41) is 2.98. The zero-order valence-corrected chi connectivity index (χ0v) is 15.5. The summed E-state index contributed by atoms with van der Waals surface area (Å²) in [5.41, 5.74) is 1.64. The molecule has 1 fully saturated rings. The van der Waals surface area contributed by atoms with Gasteiger partial charge >= 0.3 is 0 Å². The van der Waals surface area contributed by atoms with Crippen molar-refractivity contribution in [2.24, 2.45) is 0 Å². The van der Waals surface area contributed by atoms with Crippen LogP contribution in [0, 0.1) is 0 Å². The molecule has 5 nitrogen and oxygen atoms in total. The molecule has 2 aromatic rings. The fraction of sp³-hybridized carbons (Fsp3) is 0.350. The molecule has 0 unspecified atom stereocenters. The summed E-state index contributed by atoms with van der Waals surface area (Å²) in [4.78, 5) is 14.8. The maximum absolute atomic E-state index is 12.5. The first-order chi connectivity index (χ1) is 12.3. The third kappa shape index (κ3) is 6.02. The Bertz CT molecular complexity index is 676. The minimum atomic E-state index is -0.100. The van der Waals surface area contributed by atoms with Crippen molar-refractivity contribution < 1.29 is 26.7 Å². The van der Waals surface area contributed by atoms with Crippen molar-refractivity contribution in [3.63, 3.8) is 0 Å². The highest BCUT2D eigenvalue weighted by Gasteiger charge is 2.14. The Hall–Kier alpha value is -2.08. The van der Waals surface area contributed by atoms with Crippen molar-refractivity contribution in [3.8, 4) is 5.75 Å². The average Bonchev–Trinajstić information content (AvgIpc) is 2.68. The average molecular weight is 376 g/mol. The molecule has 1 saturated heterocycles. The summed E-state index contributed by atoms with van der Waals surface area (Å²) in [5.74, 6) is 0.507. The van der Waals surface area contributed by atoms with Crippen molar-refractivity contribution in [1.82, 2.24) is 10.2 Å². The van der Waals surface area contributed by atoms with Crippen molar-refractivity contribution in [3.05, 3.63) is 65.7 Å². The number of ether oxygens (including phenoxy) is 2. The number of nitrogens with one attached hydrogen (secondary N) is 1. The van der Waals surface area contributed by atoms with Gasteiger partial charge in [-0.2, -0.15) is 0 Å². The van der Waals surface area contributed by atoms with Crippen LogP contribution in [-0.2, 0) is 11.3 Å². The van der Waals surface area contributed by atoms with Crippen LogP contribution in [0.2, 0.25) is 0 Å². The summed E-state index contributed by atoms with van der Waals surface area (Å²) < 4.78 is 11.2. The first kappa shape index (κ1) is 20.2. The van der Waals surface area contributed by atoms with Gasteiger partial charge in [0, 0.05) is 26.2 Å². The van der Waals surface area contributed by atoms with Gasteiger partial charge in [-0.15, -0.1) is 0 Å². The zero-order chi connectivity index (χ0) is 17.3. The van der Waals surface area contributed by atoms with Crippen LogP contribution in [0.1, 0.15) is 15.9 Å². The largest absolute Gasteiger partial charge is 1.00 e. The Kier molecular flexibility index (Phi) is 8.41. The van der Waals surface area contributed by atoms with Crippen LogP contribution in [-0.4, -0.2) is 50.2 Å². The summed E-state index contributed by atoms with van der Waals surface area (Å²) in [6, 6.07) is 17.3. The quantitative estimate of drug-likeness (QED) is 0.697. The second-order valence-corrected chi connectivity index (χ2v) is 5.98. The van der Waals surface area contributed by atoms with Crippen molar-refractivity contribution in [1.29, 1.82) is 0 Å². The molecule has 6 heteroatoms. The number of halogens is 1. The molecule has 0 atom stereocenters. The second-order valence-electron chi connectivity index (χ2n) is 5.98. The summed E-state index contributed by atoms with van der Waals surface area (Å²) in [7, 11) is 0. The predicted octanol–water partition coefficient (Wildman–Crippen LogP) is -0.668. The number of para-hydroxylation sites is 1. The minimum Gasteiger partial charge on any atom is -1.00 e. The second kappa shape index (κ2) is 10.8. The predicted molar refractivity (Wildman–Crippen MR) is 96.8 cm³/mol. The van der Waals surface area contributed by atoms with Crippen molar-refractivity contribution >= 4 is 5.91 Å². The van der Waals surface area contributed by atoms with Gasteiger partial charge in [-0.3, -0.25) is 9.69 Å². The fourth-order valence-corrected chi connectivity index (χ4v) is 2.76. The number of amides is 1. The minimum absolute atomic E-state index is 0. The van der Waals surface area contributed by atoms with Gasteiger partial charge in [0.25, 0.3) is 5.91 Å². The standard InChI is InChI=1S/C20H24N2O3.ClH/c23-20(21-10-11-22-12-14-24-15-13-22)18-8-4-5-9-19(18)25-16-17-6-2-1-3-7-17;/h1-9H,10-16H2,(H,21,23);1H/p-1. The molecule has 1 heterocycles. The number of nitrogens with zero attached hydrogens (tertiary/aromatic N) is 1. The van der Waals surface area contributed by atoms with Gasteiger partial charge in [0.1, 0.15) is 12.4 Å². The molecule has 1 N–H and O–H groups in total. The highest BCUT2D eigenvalue weighted by atomic mass is 35.5. The van der Waals surface area contributed by atoms with E-state index in [1.54, 1.807) is 6.07 Å². The Morgan fingerprint density at radius 3 is 2.50 bits per heavy atom. The van der Waals surface area contributed by atoms with E-state index in [-0.39, 0.29) is 18.3 Å². The molecule has 140 valence electrons. The van der Waals surface area contributed by atoms with Gasteiger partial charge in [-0.05, 0) is 17.7 Å². The van der Waals surface area contributed by atoms with Gasteiger partial charge in [0.15, 0.2) is 0 Å². The number of hydrogen-bond acceptors (Lipinski definition) is 4. The third-order valence-electron chi connectivity index (χ3n) is 4.19. The highest BCUT2D eigenvalue weighted by molar-refractivity contribution is 5.96. The summed E-state index contributed by atoms with van der Waals surface area (Å²) in [6.45, 7) is 5.28. The lowest BCUT2D eigenvalue weighted by Gasteiger charge is -2.26. The van der Waals surface area contributed by atoms with Crippen molar-refractivity contribution in [2.45, 2.75) is 6.61 Å². The van der Waals surface area contributed by atoms with Crippen LogP contribution in [0.15, 0.2) is 54.6 Å². The molecule has 1 amide bonds. The first-order valence-electron chi connectivity index (χ1n) is 8.67. The van der Waals surface area contributed by atoms with Crippen molar-refractivity contribution in [2.75, 3.05) is 39.4 Å². The van der Waals surface area contributed by atoms with Gasteiger partial charge in [-0.25, -0.2) is 0 Å². The van der Waals surface area contributed by atoms with E-state index in [1.807, 2.05) is 48.5 Å². The molecular formula is C20H24ClN2O3-. The molecule has 0 saturated carbocycles. The number of carbonyl (C=O) groups excluding carboxylic acids is 1. The maximum atomic E-state index is 12.5. The molecule has 0 radical (unpaired) electrons. The summed E-state index contributed by atoms with van der Waals surface area (Å²) in [6.07, 6.45) is 0. The molecule has 1 aliphatic rings. The first-order valence-corrected chi connectivity index (χ1v) is 8.67. The van der Waals surface area contributed by atoms with Crippen LogP contribution in [0.5, 0.6) is 5.75 Å². The SMILES string of the molecule is O=C(NCCN1CCOCC1)c1ccccc1OCc1ccccc1.[Cl-]. The molecule has 0 spiro atoms. The third-order valence-corrected chi connectivity index (χ3v) is 4.19. The molecule has 1 aliphatic heterocycles. The lowest BCUT2D eigenvalue weighted by atomic mass is 10.2. The van der Waals surface area contributed by atoms with Gasteiger partial charge < -0.3 is 27.2 Å². The number of carbonyl (C=O) groups is 1. The van der Waals surface area contributed by atoms with Crippen LogP contribution in [0.3, 0.4) is 0 Å². The maximum Gasteiger partial charge on any atom is 0.255 e. The number of morpholine rings is 1. The molecular weight excluding hydrogens is 352 g/mol.